The average Bonchev–Trinajstić information content (AvgIpc) is 2.95. The zero-order valence-corrected chi connectivity index (χ0v) is 12.9. The molecule has 0 atom stereocenters. The van der Waals surface area contributed by atoms with Gasteiger partial charge in [-0.25, -0.2) is 0 Å². The molecule has 2 amide bonds. The van der Waals surface area contributed by atoms with Gasteiger partial charge in [-0.1, -0.05) is 6.07 Å². The van der Waals surface area contributed by atoms with Crippen molar-refractivity contribution in [2.24, 2.45) is 0 Å². The lowest BCUT2D eigenvalue weighted by Gasteiger charge is -2.37. The molecule has 6 heteroatoms. The van der Waals surface area contributed by atoms with Crippen LogP contribution in [0.5, 0.6) is 0 Å². The van der Waals surface area contributed by atoms with Crippen molar-refractivity contribution in [3.63, 3.8) is 0 Å². The molecule has 0 radical (unpaired) electrons. The Morgan fingerprint density at radius 3 is 2.81 bits per heavy atom. The summed E-state index contributed by atoms with van der Waals surface area (Å²) >= 11 is 1.39. The second kappa shape index (κ2) is 8.14. The van der Waals surface area contributed by atoms with Crippen molar-refractivity contribution in [1.29, 1.82) is 0 Å². The Kier molecular flexibility index (Phi) is 6.20. The topological polar surface area (TPSA) is 69.6 Å². The van der Waals surface area contributed by atoms with E-state index in [0.29, 0.717) is 36.9 Å². The number of hydrogen-bond acceptors (Lipinski definition) is 4. The van der Waals surface area contributed by atoms with Crippen LogP contribution in [0.1, 0.15) is 41.8 Å². The third kappa shape index (κ3) is 4.54. The normalized spacial score (nSPS) is 14.5. The predicted octanol–water partition coefficient (Wildman–Crippen LogP) is 1.63. The van der Waals surface area contributed by atoms with Gasteiger partial charge in [0.05, 0.1) is 4.88 Å². The minimum atomic E-state index is -0.122. The fourth-order valence-electron chi connectivity index (χ4n) is 2.37. The highest BCUT2D eigenvalue weighted by molar-refractivity contribution is 7.12. The number of aliphatic hydroxyl groups excluding tert-OH is 1. The first-order chi connectivity index (χ1) is 10.2. The number of rotatable bonds is 8. The summed E-state index contributed by atoms with van der Waals surface area (Å²) in [6.45, 7) is 1.07. The lowest BCUT2D eigenvalue weighted by atomic mass is 9.91. The minimum absolute atomic E-state index is 0.0691. The van der Waals surface area contributed by atoms with E-state index in [-0.39, 0.29) is 18.4 Å². The summed E-state index contributed by atoms with van der Waals surface area (Å²) in [5.74, 6) is -0.0528. The molecular formula is C15H22N2O3S. The SMILES string of the molecule is O=C(NCCC(=O)N(CCCO)C1CCC1)c1cccs1. The highest BCUT2D eigenvalue weighted by Crippen LogP contribution is 2.25. The van der Waals surface area contributed by atoms with Gasteiger partial charge in [0.25, 0.3) is 5.91 Å². The third-order valence-electron chi connectivity index (χ3n) is 3.76. The molecule has 21 heavy (non-hydrogen) atoms. The molecule has 1 heterocycles. The van der Waals surface area contributed by atoms with Crippen LogP contribution in [-0.4, -0.2) is 47.6 Å². The lowest BCUT2D eigenvalue weighted by molar-refractivity contribution is -0.135. The monoisotopic (exact) mass is 310 g/mol. The second-order valence-electron chi connectivity index (χ2n) is 5.23. The van der Waals surface area contributed by atoms with Crippen molar-refractivity contribution in [2.45, 2.75) is 38.1 Å². The Labute approximate surface area is 129 Å². The Hall–Kier alpha value is -1.40. The Morgan fingerprint density at radius 2 is 2.24 bits per heavy atom. The Bertz CT molecular complexity index is 457. The minimum Gasteiger partial charge on any atom is -0.396 e. The van der Waals surface area contributed by atoms with Gasteiger partial charge in [0, 0.05) is 32.2 Å². The number of thiophene rings is 1. The molecule has 0 spiro atoms. The summed E-state index contributed by atoms with van der Waals surface area (Å²) in [7, 11) is 0. The van der Waals surface area contributed by atoms with Crippen molar-refractivity contribution in [3.05, 3.63) is 22.4 Å². The third-order valence-corrected chi connectivity index (χ3v) is 4.63. The van der Waals surface area contributed by atoms with E-state index >= 15 is 0 Å². The largest absolute Gasteiger partial charge is 0.396 e. The van der Waals surface area contributed by atoms with Crippen LogP contribution in [0.15, 0.2) is 17.5 Å². The fourth-order valence-corrected chi connectivity index (χ4v) is 3.01. The summed E-state index contributed by atoms with van der Waals surface area (Å²) in [5, 5.41) is 13.6. The highest BCUT2D eigenvalue weighted by atomic mass is 32.1. The van der Waals surface area contributed by atoms with E-state index in [1.807, 2.05) is 16.3 Å². The highest BCUT2D eigenvalue weighted by Gasteiger charge is 2.27. The first-order valence-corrected chi connectivity index (χ1v) is 8.32. The van der Waals surface area contributed by atoms with Gasteiger partial charge in [-0.15, -0.1) is 11.3 Å². The molecule has 1 aliphatic carbocycles. The smallest absolute Gasteiger partial charge is 0.261 e. The van der Waals surface area contributed by atoms with Crippen LogP contribution in [-0.2, 0) is 4.79 Å². The molecular weight excluding hydrogens is 288 g/mol. The van der Waals surface area contributed by atoms with Crippen molar-refractivity contribution < 1.29 is 14.7 Å². The summed E-state index contributed by atoms with van der Waals surface area (Å²) in [6.07, 6.45) is 4.21. The molecule has 0 aromatic carbocycles. The van der Waals surface area contributed by atoms with E-state index < -0.39 is 0 Å². The van der Waals surface area contributed by atoms with E-state index in [1.165, 1.54) is 17.8 Å². The van der Waals surface area contributed by atoms with Crippen LogP contribution >= 0.6 is 11.3 Å². The lowest BCUT2D eigenvalue weighted by Crippen LogP contribution is -2.45. The number of amides is 2. The molecule has 0 unspecified atom stereocenters. The van der Waals surface area contributed by atoms with Crippen LogP contribution < -0.4 is 5.32 Å². The molecule has 116 valence electrons. The number of hydrogen-bond donors (Lipinski definition) is 2. The standard InChI is InChI=1S/C15H22N2O3S/c18-10-3-9-17(12-4-1-5-12)14(19)7-8-16-15(20)13-6-2-11-21-13/h2,6,11-12,18H,1,3-5,7-10H2,(H,16,20). The summed E-state index contributed by atoms with van der Waals surface area (Å²) in [6, 6.07) is 3.93. The zero-order chi connectivity index (χ0) is 15.1. The average molecular weight is 310 g/mol. The van der Waals surface area contributed by atoms with Crippen LogP contribution in [0.3, 0.4) is 0 Å². The fraction of sp³-hybridized carbons (Fsp3) is 0.600. The van der Waals surface area contributed by atoms with E-state index in [2.05, 4.69) is 5.32 Å². The van der Waals surface area contributed by atoms with Gasteiger partial charge in [0.2, 0.25) is 5.91 Å². The molecule has 2 rings (SSSR count). The number of carbonyl (C=O) groups is 2. The van der Waals surface area contributed by atoms with Gasteiger partial charge >= 0.3 is 0 Å². The second-order valence-corrected chi connectivity index (χ2v) is 6.18. The first kappa shape index (κ1) is 16.0. The van der Waals surface area contributed by atoms with Gasteiger partial charge in [-0.2, -0.15) is 0 Å². The van der Waals surface area contributed by atoms with Crippen molar-refractivity contribution in [2.75, 3.05) is 19.7 Å². The van der Waals surface area contributed by atoms with E-state index in [1.54, 1.807) is 6.07 Å². The van der Waals surface area contributed by atoms with Crippen LogP contribution in [0.2, 0.25) is 0 Å². The Morgan fingerprint density at radius 1 is 1.43 bits per heavy atom. The van der Waals surface area contributed by atoms with E-state index in [4.69, 9.17) is 5.11 Å². The Balaban J connectivity index is 1.74. The maximum absolute atomic E-state index is 12.2. The zero-order valence-electron chi connectivity index (χ0n) is 12.1. The molecule has 2 N–H and O–H groups in total. The van der Waals surface area contributed by atoms with Gasteiger partial charge in [-0.05, 0) is 37.1 Å². The molecule has 5 nitrogen and oxygen atoms in total. The summed E-state index contributed by atoms with van der Waals surface area (Å²) < 4.78 is 0. The number of nitrogens with one attached hydrogen (secondary N) is 1. The number of carbonyl (C=O) groups excluding carboxylic acids is 2. The van der Waals surface area contributed by atoms with Crippen LogP contribution in [0, 0.1) is 0 Å². The molecule has 1 saturated carbocycles. The van der Waals surface area contributed by atoms with Gasteiger partial charge in [-0.3, -0.25) is 9.59 Å². The molecule has 1 aromatic rings. The maximum Gasteiger partial charge on any atom is 0.261 e. The predicted molar refractivity (Wildman–Crippen MR) is 82.3 cm³/mol. The van der Waals surface area contributed by atoms with E-state index in [9.17, 15) is 9.59 Å². The molecule has 1 aromatic heterocycles. The molecule has 1 fully saturated rings. The summed E-state index contributed by atoms with van der Waals surface area (Å²) in [4.78, 5) is 26.6. The van der Waals surface area contributed by atoms with Crippen molar-refractivity contribution in [1.82, 2.24) is 10.2 Å². The van der Waals surface area contributed by atoms with Crippen LogP contribution in [0.4, 0.5) is 0 Å². The first-order valence-electron chi connectivity index (χ1n) is 7.44. The van der Waals surface area contributed by atoms with Crippen molar-refractivity contribution >= 4 is 23.2 Å². The van der Waals surface area contributed by atoms with E-state index in [0.717, 1.165) is 12.8 Å². The van der Waals surface area contributed by atoms with Crippen molar-refractivity contribution in [3.8, 4) is 0 Å². The summed E-state index contributed by atoms with van der Waals surface area (Å²) in [5.41, 5.74) is 0. The van der Waals surface area contributed by atoms with Gasteiger partial charge in [0.1, 0.15) is 0 Å². The molecule has 0 saturated heterocycles. The molecule has 0 bridgehead atoms. The molecule has 0 aliphatic heterocycles. The molecule has 1 aliphatic rings. The van der Waals surface area contributed by atoms with Gasteiger partial charge in [0.15, 0.2) is 0 Å². The van der Waals surface area contributed by atoms with Gasteiger partial charge < -0.3 is 15.3 Å². The maximum atomic E-state index is 12.2. The number of nitrogens with zero attached hydrogens (tertiary/aromatic N) is 1. The number of aliphatic hydroxyl groups is 1. The van der Waals surface area contributed by atoms with Crippen LogP contribution in [0.25, 0.3) is 0 Å². The quantitative estimate of drug-likeness (QED) is 0.767.